The van der Waals surface area contributed by atoms with Crippen LogP contribution in [0.4, 0.5) is 0 Å². The van der Waals surface area contributed by atoms with E-state index in [9.17, 15) is 4.79 Å². The van der Waals surface area contributed by atoms with Crippen LogP contribution in [0.5, 0.6) is 0 Å². The molecule has 1 saturated heterocycles. The Labute approximate surface area is 110 Å². The number of nitrogens with zero attached hydrogens (tertiary/aromatic N) is 1. The molecule has 2 heterocycles. The average Bonchev–Trinajstić information content (AvgIpc) is 2.38. The number of halogens is 1. The summed E-state index contributed by atoms with van der Waals surface area (Å²) in [6.07, 6.45) is 6.83. The Morgan fingerprint density at radius 2 is 2.47 bits per heavy atom. The molecular weight excluding hydrogens is 256 g/mol. The molecule has 2 rings (SSSR count). The molecule has 5 heteroatoms. The molecule has 92 valence electrons. The number of carbonyl (C=O) groups excluding carboxylic acids is 1. The van der Waals surface area contributed by atoms with Crippen LogP contribution >= 0.6 is 23.4 Å². The fourth-order valence-corrected chi connectivity index (χ4v) is 3.24. The van der Waals surface area contributed by atoms with Gasteiger partial charge < -0.3 is 5.32 Å². The van der Waals surface area contributed by atoms with Crippen LogP contribution in [0.1, 0.15) is 29.6 Å². The van der Waals surface area contributed by atoms with Crippen molar-refractivity contribution in [1.29, 1.82) is 0 Å². The molecular formula is C12H15ClN2OS. The second-order valence-corrected chi connectivity index (χ2v) is 5.87. The van der Waals surface area contributed by atoms with Crippen molar-refractivity contribution in [2.75, 3.05) is 12.3 Å². The SMILES string of the molecule is O=C(NCC1CCCCS1)c1cnccc1Cl. The fraction of sp³-hybridized carbons (Fsp3) is 0.500. The van der Waals surface area contributed by atoms with Gasteiger partial charge in [0.25, 0.3) is 5.91 Å². The molecule has 0 saturated carbocycles. The van der Waals surface area contributed by atoms with E-state index in [1.807, 2.05) is 11.8 Å². The van der Waals surface area contributed by atoms with Crippen molar-refractivity contribution in [2.45, 2.75) is 24.5 Å². The molecule has 0 spiro atoms. The predicted octanol–water partition coefficient (Wildman–Crippen LogP) is 2.75. The van der Waals surface area contributed by atoms with Crippen LogP contribution < -0.4 is 5.32 Å². The summed E-state index contributed by atoms with van der Waals surface area (Å²) in [6.45, 7) is 0.717. The van der Waals surface area contributed by atoms with E-state index in [4.69, 9.17) is 11.6 Å². The molecule has 0 aromatic carbocycles. The molecule has 0 aliphatic carbocycles. The summed E-state index contributed by atoms with van der Waals surface area (Å²) in [4.78, 5) is 15.8. The van der Waals surface area contributed by atoms with Crippen molar-refractivity contribution in [2.24, 2.45) is 0 Å². The number of nitrogens with one attached hydrogen (secondary N) is 1. The van der Waals surface area contributed by atoms with E-state index in [1.54, 1.807) is 12.3 Å². The summed E-state index contributed by atoms with van der Waals surface area (Å²) in [6, 6.07) is 1.63. The third kappa shape index (κ3) is 3.61. The van der Waals surface area contributed by atoms with Gasteiger partial charge in [-0.25, -0.2) is 0 Å². The standard InChI is InChI=1S/C12H15ClN2OS/c13-11-4-5-14-8-10(11)12(16)15-7-9-3-1-2-6-17-9/h4-5,8-9H,1-3,6-7H2,(H,15,16). The van der Waals surface area contributed by atoms with Gasteiger partial charge in [-0.05, 0) is 24.7 Å². The molecule has 17 heavy (non-hydrogen) atoms. The van der Waals surface area contributed by atoms with Gasteiger partial charge in [0, 0.05) is 24.2 Å². The smallest absolute Gasteiger partial charge is 0.254 e. The number of thioether (sulfide) groups is 1. The van der Waals surface area contributed by atoms with E-state index in [-0.39, 0.29) is 5.91 Å². The number of hydrogen-bond donors (Lipinski definition) is 1. The van der Waals surface area contributed by atoms with Crippen LogP contribution in [0.2, 0.25) is 5.02 Å². The highest BCUT2D eigenvalue weighted by Crippen LogP contribution is 2.24. The molecule has 1 fully saturated rings. The molecule has 1 atom stereocenters. The molecule has 1 aromatic heterocycles. The van der Waals surface area contributed by atoms with Crippen LogP contribution in [-0.4, -0.2) is 28.4 Å². The normalized spacial score (nSPS) is 19.9. The largest absolute Gasteiger partial charge is 0.351 e. The molecule has 1 aliphatic rings. The van der Waals surface area contributed by atoms with Gasteiger partial charge in [0.2, 0.25) is 0 Å². The zero-order chi connectivity index (χ0) is 12.1. The molecule has 1 aromatic rings. The maximum Gasteiger partial charge on any atom is 0.254 e. The first-order valence-electron chi connectivity index (χ1n) is 5.76. The Kier molecular flexibility index (Phi) is 4.68. The minimum atomic E-state index is -0.130. The highest BCUT2D eigenvalue weighted by atomic mass is 35.5. The Hall–Kier alpha value is -0.740. The van der Waals surface area contributed by atoms with Crippen LogP contribution in [0, 0.1) is 0 Å². The van der Waals surface area contributed by atoms with Gasteiger partial charge in [0.15, 0.2) is 0 Å². The van der Waals surface area contributed by atoms with Crippen molar-refractivity contribution >= 4 is 29.3 Å². The number of rotatable bonds is 3. The minimum absolute atomic E-state index is 0.130. The minimum Gasteiger partial charge on any atom is -0.351 e. The first-order valence-corrected chi connectivity index (χ1v) is 7.19. The van der Waals surface area contributed by atoms with Gasteiger partial charge in [-0.3, -0.25) is 9.78 Å². The predicted molar refractivity (Wildman–Crippen MR) is 71.7 cm³/mol. The van der Waals surface area contributed by atoms with E-state index in [2.05, 4.69) is 10.3 Å². The second-order valence-electron chi connectivity index (χ2n) is 4.05. The third-order valence-electron chi connectivity index (χ3n) is 2.78. The van der Waals surface area contributed by atoms with Gasteiger partial charge in [0.05, 0.1) is 10.6 Å². The molecule has 0 radical (unpaired) electrons. The number of carbonyl (C=O) groups is 1. The highest BCUT2D eigenvalue weighted by Gasteiger charge is 2.16. The Morgan fingerprint density at radius 3 is 3.18 bits per heavy atom. The molecule has 1 N–H and O–H groups in total. The summed E-state index contributed by atoms with van der Waals surface area (Å²) in [5, 5.41) is 3.92. The molecule has 3 nitrogen and oxygen atoms in total. The van der Waals surface area contributed by atoms with Crippen LogP contribution in [0.25, 0.3) is 0 Å². The molecule has 1 unspecified atom stereocenters. The van der Waals surface area contributed by atoms with E-state index < -0.39 is 0 Å². The first kappa shape index (κ1) is 12.7. The van der Waals surface area contributed by atoms with E-state index in [0.29, 0.717) is 22.4 Å². The fourth-order valence-electron chi connectivity index (χ4n) is 1.81. The van der Waals surface area contributed by atoms with Crippen LogP contribution in [0.3, 0.4) is 0 Å². The third-order valence-corrected chi connectivity index (χ3v) is 4.50. The maximum absolute atomic E-state index is 11.9. The van der Waals surface area contributed by atoms with Gasteiger partial charge in [-0.1, -0.05) is 18.0 Å². The lowest BCUT2D eigenvalue weighted by Crippen LogP contribution is -2.32. The summed E-state index contributed by atoms with van der Waals surface area (Å²) in [7, 11) is 0. The lowest BCUT2D eigenvalue weighted by atomic mass is 10.2. The number of hydrogen-bond acceptors (Lipinski definition) is 3. The second kappa shape index (κ2) is 6.26. The van der Waals surface area contributed by atoms with Gasteiger partial charge in [-0.15, -0.1) is 0 Å². The summed E-state index contributed by atoms with van der Waals surface area (Å²) < 4.78 is 0. The van der Waals surface area contributed by atoms with E-state index in [0.717, 1.165) is 0 Å². The summed E-state index contributed by atoms with van der Waals surface area (Å²) >= 11 is 7.88. The van der Waals surface area contributed by atoms with Gasteiger partial charge >= 0.3 is 0 Å². The first-order chi connectivity index (χ1) is 8.27. The Balaban J connectivity index is 1.87. The zero-order valence-corrected chi connectivity index (χ0v) is 11.1. The van der Waals surface area contributed by atoms with Gasteiger partial charge in [-0.2, -0.15) is 11.8 Å². The summed E-state index contributed by atoms with van der Waals surface area (Å²) in [5.41, 5.74) is 0.454. The maximum atomic E-state index is 11.9. The average molecular weight is 271 g/mol. The van der Waals surface area contributed by atoms with Crippen LogP contribution in [0.15, 0.2) is 18.5 Å². The monoisotopic (exact) mass is 270 g/mol. The topological polar surface area (TPSA) is 42.0 Å². The summed E-state index contributed by atoms with van der Waals surface area (Å²) in [5.74, 6) is 1.07. The number of aromatic nitrogens is 1. The Morgan fingerprint density at radius 1 is 1.59 bits per heavy atom. The number of pyridine rings is 1. The van der Waals surface area contributed by atoms with Gasteiger partial charge in [0.1, 0.15) is 0 Å². The molecule has 1 aliphatic heterocycles. The van der Waals surface area contributed by atoms with E-state index in [1.165, 1.54) is 31.2 Å². The number of amides is 1. The van der Waals surface area contributed by atoms with Crippen molar-refractivity contribution in [3.8, 4) is 0 Å². The lowest BCUT2D eigenvalue weighted by molar-refractivity contribution is 0.0953. The van der Waals surface area contributed by atoms with Crippen molar-refractivity contribution in [1.82, 2.24) is 10.3 Å². The quantitative estimate of drug-likeness (QED) is 0.918. The van der Waals surface area contributed by atoms with Crippen molar-refractivity contribution < 1.29 is 4.79 Å². The molecule has 0 bridgehead atoms. The van der Waals surface area contributed by atoms with Crippen molar-refractivity contribution in [3.05, 3.63) is 29.0 Å². The van der Waals surface area contributed by atoms with Crippen molar-refractivity contribution in [3.63, 3.8) is 0 Å². The lowest BCUT2D eigenvalue weighted by Gasteiger charge is -2.21. The molecule has 1 amide bonds. The Bertz CT molecular complexity index is 394. The highest BCUT2D eigenvalue weighted by molar-refractivity contribution is 7.99. The van der Waals surface area contributed by atoms with Crippen LogP contribution in [-0.2, 0) is 0 Å². The zero-order valence-electron chi connectivity index (χ0n) is 9.49. The van der Waals surface area contributed by atoms with E-state index >= 15 is 0 Å².